The van der Waals surface area contributed by atoms with E-state index in [2.05, 4.69) is 72.3 Å². The number of ether oxygens (including phenoxy) is 1. The first-order valence-electron chi connectivity index (χ1n) is 11.7. The first-order valence-corrected chi connectivity index (χ1v) is 11.7. The Bertz CT molecular complexity index is 878. The lowest BCUT2D eigenvalue weighted by molar-refractivity contribution is -0.149. The molecule has 0 saturated carbocycles. The molecule has 0 radical (unpaired) electrons. The van der Waals surface area contributed by atoms with Crippen molar-refractivity contribution in [3.8, 4) is 11.1 Å². The van der Waals surface area contributed by atoms with Crippen molar-refractivity contribution in [1.82, 2.24) is 9.80 Å². The molecule has 2 fully saturated rings. The van der Waals surface area contributed by atoms with Gasteiger partial charge in [0.2, 0.25) is 5.91 Å². The van der Waals surface area contributed by atoms with Crippen molar-refractivity contribution in [2.45, 2.75) is 45.1 Å². The lowest BCUT2D eigenvalue weighted by Crippen LogP contribution is -2.52. The summed E-state index contributed by atoms with van der Waals surface area (Å²) in [6.45, 7) is 5.64. The van der Waals surface area contributed by atoms with Crippen LogP contribution in [0, 0.1) is 12.3 Å². The molecule has 0 aromatic heterocycles. The number of carbonyl (C=O) groups excluding carboxylic acids is 1. The maximum Gasteiger partial charge on any atom is 0.229 e. The summed E-state index contributed by atoms with van der Waals surface area (Å²) in [6.07, 6.45) is 4.54. The summed E-state index contributed by atoms with van der Waals surface area (Å²) in [7, 11) is 4.19. The van der Waals surface area contributed by atoms with E-state index >= 15 is 0 Å². The number of amides is 1. The molecule has 0 spiro atoms. The van der Waals surface area contributed by atoms with Crippen LogP contribution in [-0.4, -0.2) is 62.1 Å². The number of hydrogen-bond acceptors (Lipinski definition) is 3. The molecule has 4 heteroatoms. The first-order chi connectivity index (χ1) is 15.0. The molecule has 31 heavy (non-hydrogen) atoms. The maximum atomic E-state index is 13.8. The predicted octanol–water partition coefficient (Wildman–Crippen LogP) is 4.55. The van der Waals surface area contributed by atoms with Crippen molar-refractivity contribution >= 4 is 5.91 Å². The smallest absolute Gasteiger partial charge is 0.229 e. The van der Waals surface area contributed by atoms with Gasteiger partial charge in [-0.25, -0.2) is 0 Å². The van der Waals surface area contributed by atoms with Crippen molar-refractivity contribution in [1.29, 1.82) is 0 Å². The monoisotopic (exact) mass is 420 g/mol. The molecule has 0 aliphatic carbocycles. The van der Waals surface area contributed by atoms with E-state index in [1.807, 2.05) is 7.05 Å². The van der Waals surface area contributed by atoms with Gasteiger partial charge in [-0.05, 0) is 81.4 Å². The number of hydrogen-bond donors (Lipinski definition) is 0. The minimum atomic E-state index is -0.347. The minimum Gasteiger partial charge on any atom is -0.381 e. The Balaban J connectivity index is 1.52. The van der Waals surface area contributed by atoms with Gasteiger partial charge < -0.3 is 14.5 Å². The molecule has 2 saturated heterocycles. The second kappa shape index (κ2) is 9.54. The molecule has 4 rings (SSSR count). The van der Waals surface area contributed by atoms with E-state index in [9.17, 15) is 4.79 Å². The van der Waals surface area contributed by atoms with Crippen LogP contribution in [0.1, 0.15) is 36.8 Å². The summed E-state index contributed by atoms with van der Waals surface area (Å²) in [5.74, 6) is 0.313. The van der Waals surface area contributed by atoms with Gasteiger partial charge in [0.25, 0.3) is 0 Å². The summed E-state index contributed by atoms with van der Waals surface area (Å²) in [4.78, 5) is 18.2. The largest absolute Gasteiger partial charge is 0.381 e. The van der Waals surface area contributed by atoms with Crippen LogP contribution in [0.25, 0.3) is 11.1 Å². The molecule has 0 unspecified atom stereocenters. The van der Waals surface area contributed by atoms with E-state index in [0.29, 0.717) is 25.2 Å². The Hall–Kier alpha value is -2.17. The van der Waals surface area contributed by atoms with Crippen LogP contribution >= 0.6 is 0 Å². The summed E-state index contributed by atoms with van der Waals surface area (Å²) < 4.78 is 5.66. The molecule has 2 aromatic carbocycles. The molecule has 2 aliphatic heterocycles. The van der Waals surface area contributed by atoms with Crippen LogP contribution in [-0.2, 0) is 16.0 Å². The van der Waals surface area contributed by atoms with Gasteiger partial charge in [0.05, 0.1) is 5.41 Å². The van der Waals surface area contributed by atoms with Crippen molar-refractivity contribution in [2.75, 3.05) is 40.4 Å². The number of rotatable bonds is 5. The van der Waals surface area contributed by atoms with Crippen LogP contribution in [0.4, 0.5) is 0 Å². The van der Waals surface area contributed by atoms with Crippen LogP contribution in [0.15, 0.2) is 48.5 Å². The molecule has 2 aromatic rings. The standard InChI is InChI=1S/C27H36N2O2/c1-21-6-4-5-7-25(21)23-10-8-22(9-11-23)20-27(14-18-31-19-15-27)26(30)29(3)24-12-16-28(2)17-13-24/h4-11,24H,12-20H2,1-3H3. The summed E-state index contributed by atoms with van der Waals surface area (Å²) in [5, 5.41) is 0. The average Bonchev–Trinajstić information content (AvgIpc) is 2.80. The Kier molecular flexibility index (Phi) is 6.78. The highest BCUT2D eigenvalue weighted by Gasteiger charge is 2.43. The minimum absolute atomic E-state index is 0.313. The van der Waals surface area contributed by atoms with Gasteiger partial charge in [0, 0.05) is 26.3 Å². The quantitative estimate of drug-likeness (QED) is 0.711. The summed E-state index contributed by atoms with van der Waals surface area (Å²) in [6, 6.07) is 17.7. The Morgan fingerprint density at radius 3 is 2.35 bits per heavy atom. The molecule has 0 N–H and O–H groups in total. The van der Waals surface area contributed by atoms with E-state index in [1.165, 1.54) is 22.3 Å². The average molecular weight is 421 g/mol. The zero-order chi connectivity index (χ0) is 21.8. The number of nitrogens with zero attached hydrogens (tertiary/aromatic N) is 2. The topological polar surface area (TPSA) is 32.8 Å². The second-order valence-corrected chi connectivity index (χ2v) is 9.53. The van der Waals surface area contributed by atoms with Crippen molar-refractivity contribution in [3.05, 3.63) is 59.7 Å². The fourth-order valence-electron chi connectivity index (χ4n) is 5.24. The number of carbonyl (C=O) groups is 1. The molecule has 0 bridgehead atoms. The van der Waals surface area contributed by atoms with Crippen molar-refractivity contribution < 1.29 is 9.53 Å². The first kappa shape index (κ1) is 22.0. The van der Waals surface area contributed by atoms with E-state index < -0.39 is 0 Å². The van der Waals surface area contributed by atoms with Gasteiger partial charge in [-0.1, -0.05) is 48.5 Å². The second-order valence-electron chi connectivity index (χ2n) is 9.53. The third-order valence-corrected chi connectivity index (χ3v) is 7.41. The third-order valence-electron chi connectivity index (χ3n) is 7.41. The molecule has 166 valence electrons. The highest BCUT2D eigenvalue weighted by molar-refractivity contribution is 5.83. The number of aryl methyl sites for hydroxylation is 1. The van der Waals surface area contributed by atoms with Crippen LogP contribution < -0.4 is 0 Å². The Morgan fingerprint density at radius 2 is 1.71 bits per heavy atom. The zero-order valence-corrected chi connectivity index (χ0v) is 19.3. The normalized spacial score (nSPS) is 19.8. The van der Waals surface area contributed by atoms with Crippen LogP contribution in [0.2, 0.25) is 0 Å². The number of likely N-dealkylation sites (tertiary alicyclic amines) is 1. The summed E-state index contributed by atoms with van der Waals surface area (Å²) in [5.41, 5.74) is 4.68. The number of benzene rings is 2. The fraction of sp³-hybridized carbons (Fsp3) is 0.519. The maximum absolute atomic E-state index is 13.8. The molecule has 1 amide bonds. The highest BCUT2D eigenvalue weighted by Crippen LogP contribution is 2.38. The molecule has 2 aliphatic rings. The lowest BCUT2D eigenvalue weighted by atomic mass is 9.73. The Morgan fingerprint density at radius 1 is 1.06 bits per heavy atom. The summed E-state index contributed by atoms with van der Waals surface area (Å²) >= 11 is 0. The van der Waals surface area contributed by atoms with E-state index in [1.54, 1.807) is 0 Å². The number of piperidine rings is 1. The van der Waals surface area contributed by atoms with E-state index in [4.69, 9.17) is 4.74 Å². The molecular weight excluding hydrogens is 384 g/mol. The molecular formula is C27H36N2O2. The van der Waals surface area contributed by atoms with Gasteiger partial charge in [0.15, 0.2) is 0 Å². The third kappa shape index (κ3) is 4.86. The van der Waals surface area contributed by atoms with Crippen molar-refractivity contribution in [3.63, 3.8) is 0 Å². The van der Waals surface area contributed by atoms with Gasteiger partial charge in [-0.2, -0.15) is 0 Å². The van der Waals surface area contributed by atoms with Gasteiger partial charge in [-0.15, -0.1) is 0 Å². The zero-order valence-electron chi connectivity index (χ0n) is 19.3. The molecule has 4 nitrogen and oxygen atoms in total. The van der Waals surface area contributed by atoms with E-state index in [0.717, 1.165) is 45.2 Å². The highest BCUT2D eigenvalue weighted by atomic mass is 16.5. The molecule has 2 heterocycles. The van der Waals surface area contributed by atoms with Crippen LogP contribution in [0.5, 0.6) is 0 Å². The SMILES string of the molecule is Cc1ccccc1-c1ccc(CC2(C(=O)N(C)C3CCN(C)CC3)CCOCC2)cc1. The van der Waals surface area contributed by atoms with Gasteiger partial charge in [-0.3, -0.25) is 4.79 Å². The van der Waals surface area contributed by atoms with Crippen LogP contribution in [0.3, 0.4) is 0 Å². The lowest BCUT2D eigenvalue weighted by Gasteiger charge is -2.43. The van der Waals surface area contributed by atoms with E-state index in [-0.39, 0.29) is 5.41 Å². The van der Waals surface area contributed by atoms with Gasteiger partial charge >= 0.3 is 0 Å². The van der Waals surface area contributed by atoms with Crippen molar-refractivity contribution in [2.24, 2.45) is 5.41 Å². The predicted molar refractivity (Wildman–Crippen MR) is 126 cm³/mol. The van der Waals surface area contributed by atoms with Gasteiger partial charge in [0.1, 0.15) is 0 Å². The molecule has 0 atom stereocenters. The fourth-order valence-corrected chi connectivity index (χ4v) is 5.24. The Labute approximate surface area is 187 Å².